The molecule has 2 aromatic rings. The Labute approximate surface area is 143 Å². The lowest BCUT2D eigenvalue weighted by molar-refractivity contribution is -0.385. The van der Waals surface area contributed by atoms with Gasteiger partial charge in [-0.2, -0.15) is 13.2 Å². The number of non-ortho nitro benzene ring substituents is 1. The number of hydrogen-bond donors (Lipinski definition) is 0. The number of benzene rings is 2. The third kappa shape index (κ3) is 2.71. The van der Waals surface area contributed by atoms with Crippen molar-refractivity contribution in [3.05, 3.63) is 68.2 Å². The van der Waals surface area contributed by atoms with E-state index < -0.39 is 16.5 Å². The van der Waals surface area contributed by atoms with Crippen molar-refractivity contribution in [2.24, 2.45) is 4.99 Å². The first-order chi connectivity index (χ1) is 11.2. The molecule has 1 atom stereocenters. The molecular weight excluding hydrogens is 389 g/mol. The molecule has 4 nitrogen and oxygen atoms in total. The topological polar surface area (TPSA) is 55.5 Å². The number of nitro benzene ring substituents is 1. The summed E-state index contributed by atoms with van der Waals surface area (Å²) in [7, 11) is 0. The molecule has 0 spiro atoms. The normalized spacial score (nSPS) is 19.8. The minimum atomic E-state index is -4.65. The maximum atomic E-state index is 13.9. The van der Waals surface area contributed by atoms with Gasteiger partial charge in [-0.05, 0) is 35.7 Å². The Hall–Kier alpha value is -2.22. The third-order valence-electron chi connectivity index (χ3n) is 4.01. The summed E-state index contributed by atoms with van der Waals surface area (Å²) in [5, 5.41) is 10.9. The number of hydrogen-bond acceptors (Lipinski definition) is 3. The van der Waals surface area contributed by atoms with Gasteiger partial charge >= 0.3 is 6.18 Å². The standard InChI is InChI=1S/C16H10BrF3N2O2/c17-12-4-5-14-10(6-12)8-15(9-21-14,16(18,19)20)11-2-1-3-13(7-11)22(23)24/h1-7,9H,8H2/t15-/m0/s1. The van der Waals surface area contributed by atoms with Crippen molar-refractivity contribution in [1.82, 2.24) is 0 Å². The van der Waals surface area contributed by atoms with E-state index in [1.165, 1.54) is 12.1 Å². The van der Waals surface area contributed by atoms with Crippen molar-refractivity contribution < 1.29 is 18.1 Å². The second-order valence-electron chi connectivity index (χ2n) is 5.48. The fourth-order valence-electron chi connectivity index (χ4n) is 2.76. The van der Waals surface area contributed by atoms with Crippen molar-refractivity contribution in [2.45, 2.75) is 18.0 Å². The fraction of sp³-hybridized carbons (Fsp3) is 0.188. The highest BCUT2D eigenvalue weighted by Crippen LogP contribution is 2.47. The average molecular weight is 399 g/mol. The number of rotatable bonds is 2. The maximum Gasteiger partial charge on any atom is 0.403 e. The molecule has 0 saturated heterocycles. The molecule has 24 heavy (non-hydrogen) atoms. The second kappa shape index (κ2) is 5.70. The second-order valence-corrected chi connectivity index (χ2v) is 6.40. The van der Waals surface area contributed by atoms with Crippen LogP contribution in [0, 0.1) is 10.1 Å². The van der Waals surface area contributed by atoms with Gasteiger partial charge in [-0.15, -0.1) is 0 Å². The number of nitrogens with zero attached hydrogens (tertiary/aromatic N) is 2. The first kappa shape index (κ1) is 16.6. The number of aliphatic imine (C=N–C) groups is 1. The highest BCUT2D eigenvalue weighted by atomic mass is 79.9. The predicted molar refractivity (Wildman–Crippen MR) is 86.8 cm³/mol. The van der Waals surface area contributed by atoms with E-state index in [-0.39, 0.29) is 17.7 Å². The molecule has 0 aliphatic carbocycles. The Balaban J connectivity index is 2.19. The molecule has 0 aromatic heterocycles. The Morgan fingerprint density at radius 2 is 1.96 bits per heavy atom. The van der Waals surface area contributed by atoms with E-state index in [4.69, 9.17) is 0 Å². The Morgan fingerprint density at radius 3 is 2.62 bits per heavy atom. The molecule has 2 aromatic carbocycles. The molecule has 8 heteroatoms. The van der Waals surface area contributed by atoms with Crippen LogP contribution in [0.5, 0.6) is 0 Å². The quantitative estimate of drug-likeness (QED) is 0.520. The zero-order valence-electron chi connectivity index (χ0n) is 12.0. The van der Waals surface area contributed by atoms with Crippen molar-refractivity contribution >= 4 is 33.5 Å². The van der Waals surface area contributed by atoms with Crippen LogP contribution in [0.25, 0.3) is 0 Å². The molecule has 3 rings (SSSR count). The molecule has 0 radical (unpaired) electrons. The van der Waals surface area contributed by atoms with E-state index in [1.807, 2.05) is 0 Å². The summed E-state index contributed by atoms with van der Waals surface area (Å²) in [6, 6.07) is 9.54. The van der Waals surface area contributed by atoms with Crippen molar-refractivity contribution in [1.29, 1.82) is 0 Å². The van der Waals surface area contributed by atoms with E-state index in [0.717, 1.165) is 18.3 Å². The van der Waals surface area contributed by atoms with Gasteiger partial charge in [0.1, 0.15) is 5.41 Å². The lowest BCUT2D eigenvalue weighted by Gasteiger charge is -2.35. The minimum absolute atomic E-state index is 0.196. The number of nitro groups is 1. The van der Waals surface area contributed by atoms with Crippen LogP contribution in [0.15, 0.2) is 51.9 Å². The van der Waals surface area contributed by atoms with Gasteiger partial charge in [-0.25, -0.2) is 0 Å². The molecule has 0 bridgehead atoms. The molecule has 1 aliphatic heterocycles. The van der Waals surface area contributed by atoms with Gasteiger partial charge in [0.25, 0.3) is 5.69 Å². The summed E-state index contributed by atoms with van der Waals surface area (Å²) >= 11 is 3.24. The number of alkyl halides is 3. The Morgan fingerprint density at radius 1 is 1.21 bits per heavy atom. The van der Waals surface area contributed by atoms with Crippen LogP contribution >= 0.6 is 15.9 Å². The Bertz CT molecular complexity index is 851. The molecular formula is C16H10BrF3N2O2. The molecule has 0 N–H and O–H groups in total. The van der Waals surface area contributed by atoms with Gasteiger partial charge in [0.05, 0.1) is 10.6 Å². The van der Waals surface area contributed by atoms with Crippen LogP contribution in [0.1, 0.15) is 11.1 Å². The maximum absolute atomic E-state index is 13.9. The van der Waals surface area contributed by atoms with Gasteiger partial charge in [-0.1, -0.05) is 28.1 Å². The van der Waals surface area contributed by atoms with Gasteiger partial charge in [-0.3, -0.25) is 15.1 Å². The third-order valence-corrected chi connectivity index (χ3v) is 4.51. The Kier molecular flexibility index (Phi) is 3.95. The lowest BCUT2D eigenvalue weighted by Crippen LogP contribution is -2.47. The summed E-state index contributed by atoms with van der Waals surface area (Å²) in [4.78, 5) is 14.2. The molecule has 0 unspecified atom stereocenters. The SMILES string of the molecule is O=[N+]([O-])c1cccc([C@@]2(C(F)(F)F)C=Nc3ccc(Br)cc3C2)c1. The molecule has 0 amide bonds. The lowest BCUT2D eigenvalue weighted by atomic mass is 9.74. The fourth-order valence-corrected chi connectivity index (χ4v) is 3.17. The van der Waals surface area contributed by atoms with Crippen LogP contribution in [0.2, 0.25) is 0 Å². The van der Waals surface area contributed by atoms with Crippen molar-refractivity contribution in [3.8, 4) is 0 Å². The molecule has 0 fully saturated rings. The first-order valence-corrected chi connectivity index (χ1v) is 7.67. The van der Waals surface area contributed by atoms with Crippen LogP contribution in [0.4, 0.5) is 24.5 Å². The van der Waals surface area contributed by atoms with E-state index in [1.54, 1.807) is 18.2 Å². The smallest absolute Gasteiger partial charge is 0.260 e. The number of halogens is 4. The molecule has 0 saturated carbocycles. The summed E-state index contributed by atoms with van der Waals surface area (Å²) in [6.07, 6.45) is -4.16. The molecule has 1 heterocycles. The summed E-state index contributed by atoms with van der Waals surface area (Å²) in [5.41, 5.74) is -2.09. The number of fused-ring (bicyclic) bond motifs is 1. The first-order valence-electron chi connectivity index (χ1n) is 6.88. The minimum Gasteiger partial charge on any atom is -0.260 e. The summed E-state index contributed by atoms with van der Waals surface area (Å²) < 4.78 is 42.5. The highest BCUT2D eigenvalue weighted by molar-refractivity contribution is 9.10. The van der Waals surface area contributed by atoms with Crippen LogP contribution in [-0.2, 0) is 11.8 Å². The largest absolute Gasteiger partial charge is 0.403 e. The van der Waals surface area contributed by atoms with Crippen LogP contribution in [0.3, 0.4) is 0 Å². The van der Waals surface area contributed by atoms with E-state index in [0.29, 0.717) is 15.7 Å². The van der Waals surface area contributed by atoms with Gasteiger partial charge < -0.3 is 0 Å². The van der Waals surface area contributed by atoms with Crippen LogP contribution in [-0.4, -0.2) is 17.3 Å². The van der Waals surface area contributed by atoms with Crippen molar-refractivity contribution in [3.63, 3.8) is 0 Å². The van der Waals surface area contributed by atoms with E-state index in [2.05, 4.69) is 20.9 Å². The van der Waals surface area contributed by atoms with E-state index >= 15 is 0 Å². The predicted octanol–water partition coefficient (Wildman–Crippen LogP) is 5.12. The zero-order chi connectivity index (χ0) is 17.5. The summed E-state index contributed by atoms with van der Waals surface area (Å²) in [5.74, 6) is 0. The zero-order valence-corrected chi connectivity index (χ0v) is 13.6. The van der Waals surface area contributed by atoms with Gasteiger partial charge in [0.2, 0.25) is 0 Å². The van der Waals surface area contributed by atoms with Crippen molar-refractivity contribution in [2.75, 3.05) is 0 Å². The molecule has 124 valence electrons. The van der Waals surface area contributed by atoms with Gasteiger partial charge in [0.15, 0.2) is 0 Å². The average Bonchev–Trinajstić information content (AvgIpc) is 2.53. The monoisotopic (exact) mass is 398 g/mol. The van der Waals surface area contributed by atoms with E-state index in [9.17, 15) is 23.3 Å². The van der Waals surface area contributed by atoms with Gasteiger partial charge in [0, 0.05) is 22.8 Å². The van der Waals surface area contributed by atoms with Crippen LogP contribution < -0.4 is 0 Å². The summed E-state index contributed by atoms with van der Waals surface area (Å²) in [6.45, 7) is 0. The molecule has 1 aliphatic rings. The highest BCUT2D eigenvalue weighted by Gasteiger charge is 2.56.